The summed E-state index contributed by atoms with van der Waals surface area (Å²) in [5.74, 6) is 1.01. The van der Waals surface area contributed by atoms with E-state index in [0.29, 0.717) is 0 Å². The van der Waals surface area contributed by atoms with Crippen molar-refractivity contribution in [3.8, 4) is 16.9 Å². The fourth-order valence-electron chi connectivity index (χ4n) is 2.51. The molecule has 0 unspecified atom stereocenters. The molecule has 4 heteroatoms. The summed E-state index contributed by atoms with van der Waals surface area (Å²) in [7, 11) is 5.13. The summed E-state index contributed by atoms with van der Waals surface area (Å²) >= 11 is 5.50. The lowest BCUT2D eigenvalue weighted by Gasteiger charge is -2.30. The van der Waals surface area contributed by atoms with Crippen LogP contribution in [0.5, 0.6) is 5.75 Å². The monoisotopic (exact) mass is 352 g/mol. The molecule has 1 aromatic heterocycles. The molecular formula is C18H24OS3. The van der Waals surface area contributed by atoms with E-state index in [2.05, 4.69) is 59.1 Å². The van der Waals surface area contributed by atoms with E-state index >= 15 is 0 Å². The van der Waals surface area contributed by atoms with Crippen molar-refractivity contribution in [2.24, 2.45) is 0 Å². The van der Waals surface area contributed by atoms with Gasteiger partial charge in [-0.05, 0) is 28.5 Å². The van der Waals surface area contributed by atoms with Crippen molar-refractivity contribution in [2.45, 2.75) is 52.4 Å². The van der Waals surface area contributed by atoms with Gasteiger partial charge >= 0.3 is 0 Å². The Morgan fingerprint density at radius 3 is 1.77 bits per heavy atom. The van der Waals surface area contributed by atoms with E-state index < -0.39 is 0 Å². The molecular weight excluding hydrogens is 328 g/mol. The van der Waals surface area contributed by atoms with Gasteiger partial charge in [-0.25, -0.2) is 0 Å². The van der Waals surface area contributed by atoms with Gasteiger partial charge in [-0.1, -0.05) is 74.4 Å². The molecule has 1 nitrogen and oxygen atoms in total. The quantitative estimate of drug-likeness (QED) is 0.433. The fourth-order valence-corrected chi connectivity index (χ4v) is 4.91. The molecule has 2 rings (SSSR count). The number of rotatable bonds is 2. The second-order valence-electron chi connectivity index (χ2n) is 7.60. The van der Waals surface area contributed by atoms with Crippen molar-refractivity contribution in [2.75, 3.05) is 7.11 Å². The van der Waals surface area contributed by atoms with Gasteiger partial charge in [0.1, 0.15) is 9.57 Å². The average molecular weight is 353 g/mol. The highest BCUT2D eigenvalue weighted by atomic mass is 32.9. The number of benzene rings is 1. The molecule has 0 N–H and O–H groups in total. The molecule has 0 aliphatic heterocycles. The van der Waals surface area contributed by atoms with Crippen LogP contribution in [0.1, 0.15) is 52.7 Å². The molecule has 0 saturated carbocycles. The molecule has 120 valence electrons. The van der Waals surface area contributed by atoms with Crippen LogP contribution in [0.2, 0.25) is 0 Å². The van der Waals surface area contributed by atoms with Crippen LogP contribution >= 0.6 is 32.9 Å². The van der Waals surface area contributed by atoms with Gasteiger partial charge in [-0.3, -0.25) is 0 Å². The van der Waals surface area contributed by atoms with E-state index in [1.54, 1.807) is 27.8 Å². The summed E-state index contributed by atoms with van der Waals surface area (Å²) in [5, 5.41) is 2.16. The van der Waals surface area contributed by atoms with Crippen LogP contribution < -0.4 is 4.74 Å². The van der Waals surface area contributed by atoms with E-state index in [1.165, 1.54) is 22.3 Å². The highest BCUT2D eigenvalue weighted by Gasteiger charge is 2.27. The molecule has 0 saturated heterocycles. The molecule has 0 radical (unpaired) electrons. The van der Waals surface area contributed by atoms with Crippen molar-refractivity contribution < 1.29 is 4.74 Å². The number of ether oxygens (including phenoxy) is 1. The van der Waals surface area contributed by atoms with Gasteiger partial charge in [0.15, 0.2) is 0 Å². The first-order valence-electron chi connectivity index (χ1n) is 7.37. The largest absolute Gasteiger partial charge is 0.496 e. The molecule has 0 bridgehead atoms. The second-order valence-corrected chi connectivity index (χ2v) is 10.4. The van der Waals surface area contributed by atoms with Crippen molar-refractivity contribution >= 4 is 32.9 Å². The summed E-state index contributed by atoms with van der Waals surface area (Å²) in [6.45, 7) is 13.4. The van der Waals surface area contributed by atoms with Crippen molar-refractivity contribution in [3.05, 3.63) is 32.5 Å². The Labute approximate surface area is 146 Å². The third kappa shape index (κ3) is 3.44. The third-order valence-corrected chi connectivity index (χ3v) is 6.39. The molecule has 0 aliphatic carbocycles. The van der Waals surface area contributed by atoms with Crippen LogP contribution in [0.15, 0.2) is 17.5 Å². The summed E-state index contributed by atoms with van der Waals surface area (Å²) in [5.41, 5.74) is 4.89. The van der Waals surface area contributed by atoms with Crippen LogP contribution in [-0.2, 0) is 10.8 Å². The lowest BCUT2D eigenvalue weighted by molar-refractivity contribution is 0.381. The van der Waals surface area contributed by atoms with Crippen LogP contribution in [0, 0.1) is 3.82 Å². The topological polar surface area (TPSA) is 9.23 Å². The molecule has 0 spiro atoms. The van der Waals surface area contributed by atoms with E-state index in [1.807, 2.05) is 0 Å². The molecule has 0 aliphatic rings. The van der Waals surface area contributed by atoms with Crippen molar-refractivity contribution in [1.29, 1.82) is 0 Å². The zero-order valence-corrected chi connectivity index (χ0v) is 16.8. The Kier molecular flexibility index (Phi) is 4.86. The van der Waals surface area contributed by atoms with Gasteiger partial charge in [0.05, 0.1) is 7.11 Å². The predicted molar refractivity (Wildman–Crippen MR) is 102 cm³/mol. The number of methoxy groups -OCH3 is 1. The molecule has 22 heavy (non-hydrogen) atoms. The number of hydrogen-bond acceptors (Lipinski definition) is 4. The Balaban J connectivity index is 2.84. The maximum Gasteiger partial charge on any atom is 0.126 e. The first kappa shape index (κ1) is 17.6. The molecule has 2 aromatic rings. The highest BCUT2D eigenvalue weighted by molar-refractivity contribution is 7.79. The van der Waals surface area contributed by atoms with Gasteiger partial charge in [0, 0.05) is 22.1 Å². The summed E-state index contributed by atoms with van der Waals surface area (Å²) in [6, 6.07) is 4.50. The minimum Gasteiger partial charge on any atom is -0.496 e. The molecule has 0 fully saturated rings. The first-order valence-corrected chi connectivity index (χ1v) is 9.99. The third-order valence-electron chi connectivity index (χ3n) is 3.73. The average Bonchev–Trinajstić information content (AvgIpc) is 2.81. The van der Waals surface area contributed by atoms with E-state index in [9.17, 15) is 0 Å². The van der Waals surface area contributed by atoms with Gasteiger partial charge < -0.3 is 4.74 Å². The van der Waals surface area contributed by atoms with Gasteiger partial charge in [-0.15, -0.1) is 0 Å². The lowest BCUT2D eigenvalue weighted by Crippen LogP contribution is -2.19. The zero-order valence-electron chi connectivity index (χ0n) is 14.4. The minimum absolute atomic E-state index is 0.0163. The van der Waals surface area contributed by atoms with Gasteiger partial charge in [0.2, 0.25) is 0 Å². The molecule has 0 amide bonds. The summed E-state index contributed by atoms with van der Waals surface area (Å²) < 4.78 is 6.78. The zero-order chi connectivity index (χ0) is 16.7. The lowest BCUT2D eigenvalue weighted by atomic mass is 9.78. The normalized spacial score (nSPS) is 12.5. The van der Waals surface area contributed by atoms with Gasteiger partial charge in [0.25, 0.3) is 0 Å². The van der Waals surface area contributed by atoms with Crippen LogP contribution in [-0.4, -0.2) is 7.11 Å². The van der Waals surface area contributed by atoms with Crippen LogP contribution in [0.3, 0.4) is 0 Å². The van der Waals surface area contributed by atoms with E-state index in [-0.39, 0.29) is 10.8 Å². The molecule has 1 aromatic carbocycles. The van der Waals surface area contributed by atoms with Crippen LogP contribution in [0.4, 0.5) is 0 Å². The fraction of sp³-hybridized carbons (Fsp3) is 0.500. The van der Waals surface area contributed by atoms with Gasteiger partial charge in [-0.2, -0.15) is 0 Å². The highest BCUT2D eigenvalue weighted by Crippen LogP contribution is 2.43. The Morgan fingerprint density at radius 2 is 1.45 bits per heavy atom. The molecule has 0 atom stereocenters. The second kappa shape index (κ2) is 6.06. The van der Waals surface area contributed by atoms with E-state index in [4.69, 9.17) is 17.0 Å². The van der Waals surface area contributed by atoms with E-state index in [0.717, 1.165) is 9.57 Å². The standard InChI is InChI=1S/C18H24OS3/c1-17(2,3)13-8-11(12-10-21-22-16(12)20)9-14(15(13)19-7)18(4,5)6/h8-10H,1-7H3. The Hall–Kier alpha value is -0.710. The first-order chi connectivity index (χ1) is 10.1. The Morgan fingerprint density at radius 1 is 0.955 bits per heavy atom. The molecule has 1 heterocycles. The maximum absolute atomic E-state index is 5.81. The SMILES string of the molecule is COc1c(C(C)(C)C)cc(-c2cssc2=S)cc1C(C)(C)C. The number of hydrogen-bond donors (Lipinski definition) is 0. The maximum atomic E-state index is 5.81. The Bertz CT molecular complexity index is 689. The summed E-state index contributed by atoms with van der Waals surface area (Å²) in [4.78, 5) is 0. The minimum atomic E-state index is 0.0163. The van der Waals surface area contributed by atoms with Crippen molar-refractivity contribution in [3.63, 3.8) is 0 Å². The smallest absolute Gasteiger partial charge is 0.126 e. The van der Waals surface area contributed by atoms with Crippen LogP contribution in [0.25, 0.3) is 11.1 Å². The van der Waals surface area contributed by atoms with Crippen molar-refractivity contribution in [1.82, 2.24) is 0 Å². The summed E-state index contributed by atoms with van der Waals surface area (Å²) in [6.07, 6.45) is 0. The predicted octanol–water partition coefficient (Wildman–Crippen LogP) is 6.81.